The quantitative estimate of drug-likeness (QED) is 0.908. The number of nitrogens with zero attached hydrogens (tertiary/aromatic N) is 1. The molecule has 1 unspecified atom stereocenters. The van der Waals surface area contributed by atoms with Crippen molar-refractivity contribution in [1.82, 2.24) is 15.2 Å². The molecular formula is C18H23N3O2. The maximum absolute atomic E-state index is 12.3. The molecule has 1 aliphatic heterocycles. The van der Waals surface area contributed by atoms with Crippen LogP contribution in [0.15, 0.2) is 29.1 Å². The zero-order valence-electron chi connectivity index (χ0n) is 13.7. The smallest absolute Gasteiger partial charge is 0.252 e. The van der Waals surface area contributed by atoms with Crippen molar-refractivity contribution in [2.24, 2.45) is 5.92 Å². The molecule has 2 heterocycles. The van der Waals surface area contributed by atoms with Crippen molar-refractivity contribution in [2.45, 2.75) is 26.3 Å². The Morgan fingerprint density at radius 1 is 1.39 bits per heavy atom. The van der Waals surface area contributed by atoms with Crippen LogP contribution in [0.4, 0.5) is 0 Å². The molecule has 1 aromatic heterocycles. The van der Waals surface area contributed by atoms with Gasteiger partial charge in [0.15, 0.2) is 0 Å². The number of pyridine rings is 1. The fraction of sp³-hybridized carbons (Fsp3) is 0.444. The van der Waals surface area contributed by atoms with Gasteiger partial charge in [0.25, 0.3) is 5.56 Å². The number of benzene rings is 1. The number of hydrogen-bond donors (Lipinski definition) is 2. The average molecular weight is 313 g/mol. The minimum atomic E-state index is -0.0369. The van der Waals surface area contributed by atoms with Gasteiger partial charge in [-0.1, -0.05) is 12.1 Å². The maximum atomic E-state index is 12.3. The Balaban J connectivity index is 1.81. The van der Waals surface area contributed by atoms with E-state index >= 15 is 0 Å². The van der Waals surface area contributed by atoms with Crippen LogP contribution in [0.1, 0.15) is 24.0 Å². The molecule has 1 saturated heterocycles. The van der Waals surface area contributed by atoms with Crippen molar-refractivity contribution < 1.29 is 4.79 Å². The van der Waals surface area contributed by atoms with Gasteiger partial charge in [0.1, 0.15) is 0 Å². The van der Waals surface area contributed by atoms with E-state index in [2.05, 4.69) is 15.2 Å². The van der Waals surface area contributed by atoms with Gasteiger partial charge < -0.3 is 10.3 Å². The van der Waals surface area contributed by atoms with Crippen molar-refractivity contribution in [3.63, 3.8) is 0 Å². The summed E-state index contributed by atoms with van der Waals surface area (Å²) < 4.78 is 0. The van der Waals surface area contributed by atoms with Crippen molar-refractivity contribution in [2.75, 3.05) is 20.1 Å². The number of likely N-dealkylation sites (tertiary alicyclic amines) is 1. The zero-order valence-corrected chi connectivity index (χ0v) is 13.7. The average Bonchev–Trinajstić information content (AvgIpc) is 2.55. The lowest BCUT2D eigenvalue weighted by Crippen LogP contribution is -2.42. The summed E-state index contributed by atoms with van der Waals surface area (Å²) >= 11 is 0. The summed E-state index contributed by atoms with van der Waals surface area (Å²) in [6, 6.07) is 8.04. The number of carbonyl (C=O) groups excluding carboxylic acids is 1. The molecule has 2 N–H and O–H groups in total. The van der Waals surface area contributed by atoms with Gasteiger partial charge in [-0.25, -0.2) is 0 Å². The summed E-state index contributed by atoms with van der Waals surface area (Å²) in [4.78, 5) is 29.3. The molecule has 1 aromatic carbocycles. The molecule has 1 amide bonds. The van der Waals surface area contributed by atoms with Gasteiger partial charge >= 0.3 is 0 Å². The minimum absolute atomic E-state index is 0.0240. The summed E-state index contributed by atoms with van der Waals surface area (Å²) in [7, 11) is 1.68. The highest BCUT2D eigenvalue weighted by atomic mass is 16.1. The first-order valence-corrected chi connectivity index (χ1v) is 8.13. The molecule has 122 valence electrons. The van der Waals surface area contributed by atoms with Gasteiger partial charge in [0, 0.05) is 31.2 Å². The highest BCUT2D eigenvalue weighted by Gasteiger charge is 2.25. The molecule has 1 fully saturated rings. The molecule has 0 spiro atoms. The first-order valence-electron chi connectivity index (χ1n) is 8.13. The molecule has 2 aromatic rings. The number of hydrogen-bond acceptors (Lipinski definition) is 3. The third-order valence-corrected chi connectivity index (χ3v) is 4.60. The highest BCUT2D eigenvalue weighted by Crippen LogP contribution is 2.19. The van der Waals surface area contributed by atoms with Gasteiger partial charge in [0.2, 0.25) is 5.91 Å². The molecular weight excluding hydrogens is 290 g/mol. The molecule has 23 heavy (non-hydrogen) atoms. The van der Waals surface area contributed by atoms with Crippen LogP contribution in [0.3, 0.4) is 0 Å². The SMILES string of the molecule is CNC(=O)C1CCCN(Cc2cc3ccc(C)cc3[nH]c2=O)C1. The van der Waals surface area contributed by atoms with E-state index < -0.39 is 0 Å². The lowest BCUT2D eigenvalue weighted by molar-refractivity contribution is -0.126. The van der Waals surface area contributed by atoms with E-state index in [1.54, 1.807) is 7.05 Å². The fourth-order valence-electron chi connectivity index (χ4n) is 3.34. The van der Waals surface area contributed by atoms with Crippen LogP contribution in [0, 0.1) is 12.8 Å². The van der Waals surface area contributed by atoms with E-state index in [0.29, 0.717) is 13.1 Å². The van der Waals surface area contributed by atoms with Gasteiger partial charge in [0.05, 0.1) is 5.92 Å². The number of amides is 1. The van der Waals surface area contributed by atoms with Crippen molar-refractivity contribution in [3.05, 3.63) is 45.7 Å². The topological polar surface area (TPSA) is 65.2 Å². The van der Waals surface area contributed by atoms with Crippen LogP contribution in [-0.2, 0) is 11.3 Å². The molecule has 5 heteroatoms. The third-order valence-electron chi connectivity index (χ3n) is 4.60. The number of piperidine rings is 1. The monoisotopic (exact) mass is 313 g/mol. The Bertz CT molecular complexity index is 781. The Kier molecular flexibility index (Phi) is 4.48. The molecule has 0 radical (unpaired) electrons. The van der Waals surface area contributed by atoms with Crippen LogP contribution in [-0.4, -0.2) is 35.9 Å². The number of aryl methyl sites for hydroxylation is 1. The predicted octanol–water partition coefficient (Wildman–Crippen LogP) is 1.79. The minimum Gasteiger partial charge on any atom is -0.359 e. The normalized spacial score (nSPS) is 19.0. The molecule has 0 saturated carbocycles. The van der Waals surface area contributed by atoms with E-state index in [0.717, 1.165) is 41.4 Å². The van der Waals surface area contributed by atoms with E-state index in [1.807, 2.05) is 31.2 Å². The number of nitrogens with one attached hydrogen (secondary N) is 2. The summed E-state index contributed by atoms with van der Waals surface area (Å²) in [6.45, 7) is 4.24. The van der Waals surface area contributed by atoms with Gasteiger partial charge in [-0.3, -0.25) is 14.5 Å². The Morgan fingerprint density at radius 3 is 3.00 bits per heavy atom. The van der Waals surface area contributed by atoms with Crippen molar-refractivity contribution in [1.29, 1.82) is 0 Å². The van der Waals surface area contributed by atoms with Crippen LogP contribution in [0.5, 0.6) is 0 Å². The first kappa shape index (κ1) is 15.7. The van der Waals surface area contributed by atoms with Crippen LogP contribution >= 0.6 is 0 Å². The third kappa shape index (κ3) is 3.45. The van der Waals surface area contributed by atoms with E-state index in [4.69, 9.17) is 0 Å². The second-order valence-corrected chi connectivity index (χ2v) is 6.40. The molecule has 0 bridgehead atoms. The highest BCUT2D eigenvalue weighted by molar-refractivity contribution is 5.79. The molecule has 0 aliphatic carbocycles. The molecule has 1 atom stereocenters. The molecule has 5 nitrogen and oxygen atoms in total. The standard InChI is InChI=1S/C18H23N3O2/c1-12-5-6-13-9-15(18(23)20-16(13)8-12)11-21-7-3-4-14(10-21)17(22)19-2/h5-6,8-9,14H,3-4,7,10-11H2,1-2H3,(H,19,22)(H,20,23). The summed E-state index contributed by atoms with van der Waals surface area (Å²) in [5, 5.41) is 3.77. The van der Waals surface area contributed by atoms with Crippen molar-refractivity contribution >= 4 is 16.8 Å². The Hall–Kier alpha value is -2.14. The number of carbonyl (C=O) groups is 1. The Morgan fingerprint density at radius 2 is 2.22 bits per heavy atom. The second kappa shape index (κ2) is 6.54. The van der Waals surface area contributed by atoms with Crippen LogP contribution in [0.25, 0.3) is 10.9 Å². The van der Waals surface area contributed by atoms with E-state index in [9.17, 15) is 9.59 Å². The van der Waals surface area contributed by atoms with E-state index in [1.165, 1.54) is 0 Å². The molecule has 3 rings (SSSR count). The number of aromatic nitrogens is 1. The Labute approximate surface area is 135 Å². The van der Waals surface area contributed by atoms with Gasteiger partial charge in [-0.2, -0.15) is 0 Å². The fourth-order valence-corrected chi connectivity index (χ4v) is 3.34. The first-order chi connectivity index (χ1) is 11.1. The largest absolute Gasteiger partial charge is 0.359 e. The van der Waals surface area contributed by atoms with Gasteiger partial charge in [-0.15, -0.1) is 0 Å². The predicted molar refractivity (Wildman–Crippen MR) is 91.4 cm³/mol. The number of aromatic amines is 1. The molecule has 1 aliphatic rings. The lowest BCUT2D eigenvalue weighted by Gasteiger charge is -2.31. The zero-order chi connectivity index (χ0) is 16.4. The van der Waals surface area contributed by atoms with Gasteiger partial charge in [-0.05, 0) is 49.4 Å². The summed E-state index contributed by atoms with van der Waals surface area (Å²) in [5.41, 5.74) is 2.73. The van der Waals surface area contributed by atoms with E-state index in [-0.39, 0.29) is 17.4 Å². The second-order valence-electron chi connectivity index (χ2n) is 6.40. The summed E-state index contributed by atoms with van der Waals surface area (Å²) in [6.07, 6.45) is 1.91. The maximum Gasteiger partial charge on any atom is 0.252 e. The number of rotatable bonds is 3. The van der Waals surface area contributed by atoms with Crippen LogP contribution < -0.4 is 10.9 Å². The number of fused-ring (bicyclic) bond motifs is 1. The van der Waals surface area contributed by atoms with Crippen LogP contribution in [0.2, 0.25) is 0 Å². The lowest BCUT2D eigenvalue weighted by atomic mass is 9.97. The number of H-pyrrole nitrogens is 1. The van der Waals surface area contributed by atoms with Crippen molar-refractivity contribution in [3.8, 4) is 0 Å². The summed E-state index contributed by atoms with van der Waals surface area (Å²) in [5.74, 6) is 0.119.